The summed E-state index contributed by atoms with van der Waals surface area (Å²) in [4.78, 5) is 25.2. The lowest BCUT2D eigenvalue weighted by Gasteiger charge is -2.29. The molecule has 1 aromatic carbocycles. The quantitative estimate of drug-likeness (QED) is 0.710. The molecule has 0 N–H and O–H groups in total. The molecule has 0 saturated carbocycles. The minimum atomic E-state index is 0.0592. The molecule has 1 aliphatic heterocycles. The van der Waals surface area contributed by atoms with Crippen LogP contribution in [0.1, 0.15) is 22.5 Å². The lowest BCUT2D eigenvalue weighted by atomic mass is 9.97. The van der Waals surface area contributed by atoms with Gasteiger partial charge in [-0.25, -0.2) is 9.50 Å². The van der Waals surface area contributed by atoms with Crippen LogP contribution >= 0.6 is 0 Å². The summed E-state index contributed by atoms with van der Waals surface area (Å²) in [5.74, 6) is 1.09. The Kier molecular flexibility index (Phi) is 4.38. The molecule has 1 amide bonds. The van der Waals surface area contributed by atoms with E-state index in [1.54, 1.807) is 23.0 Å². The molecule has 3 heterocycles. The molecule has 2 aromatic heterocycles. The number of fused-ring (bicyclic) bond motifs is 2. The largest absolute Gasteiger partial charge is 0.338 e. The molecule has 0 aliphatic carbocycles. The molecule has 7 heteroatoms. The van der Waals surface area contributed by atoms with Crippen molar-refractivity contribution in [3.05, 3.63) is 59.2 Å². The SMILES string of the molecule is CN(C)Cc1ccc2c(c1)CCN(C(=O)Cc1nc3ncccn3n1)C2. The summed E-state index contributed by atoms with van der Waals surface area (Å²) < 4.78 is 1.60. The Balaban J connectivity index is 1.45. The molecule has 26 heavy (non-hydrogen) atoms. The molecule has 0 fully saturated rings. The van der Waals surface area contributed by atoms with Gasteiger partial charge in [-0.2, -0.15) is 4.98 Å². The molecule has 0 saturated heterocycles. The molecular weight excluding hydrogens is 328 g/mol. The minimum absolute atomic E-state index is 0.0592. The fraction of sp³-hybridized carbons (Fsp3) is 0.368. The van der Waals surface area contributed by atoms with Crippen molar-refractivity contribution in [1.29, 1.82) is 0 Å². The van der Waals surface area contributed by atoms with Gasteiger partial charge >= 0.3 is 0 Å². The first-order valence-electron chi connectivity index (χ1n) is 8.78. The number of nitrogens with zero attached hydrogens (tertiary/aromatic N) is 6. The molecule has 1 aliphatic rings. The predicted octanol–water partition coefficient (Wildman–Crippen LogP) is 1.31. The second-order valence-electron chi connectivity index (χ2n) is 6.98. The maximum atomic E-state index is 12.7. The Labute approximate surface area is 152 Å². The lowest BCUT2D eigenvalue weighted by Crippen LogP contribution is -2.37. The normalized spacial score (nSPS) is 14.0. The standard InChI is InChI=1S/C19H22N6O/c1-23(2)12-14-4-5-16-13-24(9-6-15(16)10-14)18(26)11-17-21-19-20-7-3-8-25(19)22-17/h3-5,7-8,10H,6,9,11-13H2,1-2H3. The van der Waals surface area contributed by atoms with Crippen molar-refractivity contribution in [1.82, 2.24) is 29.4 Å². The van der Waals surface area contributed by atoms with Crippen molar-refractivity contribution in [3.63, 3.8) is 0 Å². The molecule has 4 rings (SSSR count). The highest BCUT2D eigenvalue weighted by Gasteiger charge is 2.22. The molecular formula is C19H22N6O. The number of benzene rings is 1. The van der Waals surface area contributed by atoms with E-state index >= 15 is 0 Å². The molecule has 7 nitrogen and oxygen atoms in total. The van der Waals surface area contributed by atoms with Crippen molar-refractivity contribution in [2.75, 3.05) is 20.6 Å². The fourth-order valence-electron chi connectivity index (χ4n) is 3.38. The van der Waals surface area contributed by atoms with Crippen LogP contribution in [-0.2, 0) is 30.7 Å². The molecule has 0 atom stereocenters. The van der Waals surface area contributed by atoms with Gasteiger partial charge in [-0.05, 0) is 43.3 Å². The van der Waals surface area contributed by atoms with E-state index in [1.807, 2.05) is 4.90 Å². The van der Waals surface area contributed by atoms with Gasteiger partial charge in [0.25, 0.3) is 5.78 Å². The first kappa shape index (κ1) is 16.7. The van der Waals surface area contributed by atoms with E-state index in [0.29, 0.717) is 18.1 Å². The fourth-order valence-corrected chi connectivity index (χ4v) is 3.38. The van der Waals surface area contributed by atoms with Crippen LogP contribution in [0.4, 0.5) is 0 Å². The molecule has 0 bridgehead atoms. The smallest absolute Gasteiger partial charge is 0.252 e. The number of hydrogen-bond acceptors (Lipinski definition) is 5. The zero-order valence-corrected chi connectivity index (χ0v) is 15.1. The van der Waals surface area contributed by atoms with Gasteiger partial charge in [0, 0.05) is 32.0 Å². The van der Waals surface area contributed by atoms with Gasteiger partial charge in [-0.15, -0.1) is 5.10 Å². The van der Waals surface area contributed by atoms with E-state index in [1.165, 1.54) is 16.7 Å². The topological polar surface area (TPSA) is 66.6 Å². The van der Waals surface area contributed by atoms with Crippen molar-refractivity contribution in [3.8, 4) is 0 Å². The Bertz CT molecular complexity index is 915. The number of carbonyl (C=O) groups excluding carboxylic acids is 1. The monoisotopic (exact) mass is 350 g/mol. The highest BCUT2D eigenvalue weighted by molar-refractivity contribution is 5.78. The second kappa shape index (κ2) is 6.84. The summed E-state index contributed by atoms with van der Waals surface area (Å²) in [7, 11) is 4.14. The number of carbonyl (C=O) groups is 1. The molecule has 0 spiro atoms. The van der Waals surface area contributed by atoms with Crippen molar-refractivity contribution in [2.45, 2.75) is 25.9 Å². The lowest BCUT2D eigenvalue weighted by molar-refractivity contribution is -0.131. The van der Waals surface area contributed by atoms with E-state index in [4.69, 9.17) is 0 Å². The van der Waals surface area contributed by atoms with Crippen LogP contribution in [0.2, 0.25) is 0 Å². The average molecular weight is 350 g/mol. The minimum Gasteiger partial charge on any atom is -0.338 e. The average Bonchev–Trinajstić information content (AvgIpc) is 3.03. The van der Waals surface area contributed by atoms with Crippen LogP contribution in [0.25, 0.3) is 5.78 Å². The Morgan fingerprint density at radius 1 is 1.27 bits per heavy atom. The van der Waals surface area contributed by atoms with E-state index in [-0.39, 0.29) is 12.3 Å². The van der Waals surface area contributed by atoms with E-state index in [2.05, 4.69) is 52.3 Å². The van der Waals surface area contributed by atoms with Crippen molar-refractivity contribution >= 4 is 11.7 Å². The Morgan fingerprint density at radius 3 is 2.96 bits per heavy atom. The van der Waals surface area contributed by atoms with Crippen LogP contribution in [0.3, 0.4) is 0 Å². The third kappa shape index (κ3) is 3.43. The number of rotatable bonds is 4. The molecule has 0 radical (unpaired) electrons. The maximum Gasteiger partial charge on any atom is 0.252 e. The molecule has 134 valence electrons. The van der Waals surface area contributed by atoms with E-state index in [0.717, 1.165) is 19.5 Å². The first-order chi connectivity index (χ1) is 12.6. The first-order valence-corrected chi connectivity index (χ1v) is 8.78. The van der Waals surface area contributed by atoms with Gasteiger partial charge in [0.05, 0.1) is 6.42 Å². The van der Waals surface area contributed by atoms with E-state index in [9.17, 15) is 4.79 Å². The third-order valence-corrected chi connectivity index (χ3v) is 4.60. The third-order valence-electron chi connectivity index (χ3n) is 4.60. The number of hydrogen-bond donors (Lipinski definition) is 0. The Hall–Kier alpha value is -2.80. The van der Waals surface area contributed by atoms with Gasteiger partial charge in [0.1, 0.15) is 0 Å². The van der Waals surface area contributed by atoms with Crippen LogP contribution in [0.5, 0.6) is 0 Å². The summed E-state index contributed by atoms with van der Waals surface area (Å²) in [6, 6.07) is 8.37. The van der Waals surface area contributed by atoms with Crippen LogP contribution in [0, 0.1) is 0 Å². The van der Waals surface area contributed by atoms with Gasteiger partial charge in [-0.1, -0.05) is 18.2 Å². The van der Waals surface area contributed by atoms with E-state index < -0.39 is 0 Å². The van der Waals surface area contributed by atoms with Crippen molar-refractivity contribution < 1.29 is 4.79 Å². The summed E-state index contributed by atoms with van der Waals surface area (Å²) in [6.07, 6.45) is 4.55. The predicted molar refractivity (Wildman–Crippen MR) is 97.4 cm³/mol. The number of amides is 1. The zero-order valence-electron chi connectivity index (χ0n) is 15.1. The maximum absolute atomic E-state index is 12.7. The highest BCUT2D eigenvalue weighted by atomic mass is 16.2. The van der Waals surface area contributed by atoms with Crippen LogP contribution in [0.15, 0.2) is 36.7 Å². The van der Waals surface area contributed by atoms with Gasteiger partial charge in [0.15, 0.2) is 5.82 Å². The van der Waals surface area contributed by atoms with Gasteiger partial charge in [-0.3, -0.25) is 4.79 Å². The summed E-state index contributed by atoms with van der Waals surface area (Å²) in [6.45, 7) is 2.33. The second-order valence-corrected chi connectivity index (χ2v) is 6.98. The van der Waals surface area contributed by atoms with Crippen molar-refractivity contribution in [2.24, 2.45) is 0 Å². The molecule has 3 aromatic rings. The van der Waals surface area contributed by atoms with Gasteiger partial charge in [0.2, 0.25) is 5.91 Å². The summed E-state index contributed by atoms with van der Waals surface area (Å²) >= 11 is 0. The van der Waals surface area contributed by atoms with Gasteiger partial charge < -0.3 is 9.80 Å². The highest BCUT2D eigenvalue weighted by Crippen LogP contribution is 2.21. The number of aromatic nitrogens is 4. The summed E-state index contributed by atoms with van der Waals surface area (Å²) in [5, 5.41) is 4.32. The molecule has 0 unspecified atom stereocenters. The zero-order chi connectivity index (χ0) is 18.1. The van der Waals surface area contributed by atoms with Crippen LogP contribution < -0.4 is 0 Å². The summed E-state index contributed by atoms with van der Waals surface area (Å²) in [5.41, 5.74) is 3.90. The Morgan fingerprint density at radius 2 is 2.15 bits per heavy atom. The van der Waals surface area contributed by atoms with Crippen LogP contribution in [-0.4, -0.2) is 55.9 Å².